The number of carbonyl (C=O) groups excluding carboxylic acids is 1. The van der Waals surface area contributed by atoms with E-state index in [-0.39, 0.29) is 0 Å². The zero-order valence-electron chi connectivity index (χ0n) is 21.6. The van der Waals surface area contributed by atoms with E-state index in [1.54, 1.807) is 11.0 Å². The smallest absolute Gasteiger partial charge is 0.328 e. The Labute approximate surface area is 231 Å². The monoisotopic (exact) mass is 545 g/mol. The predicted molar refractivity (Wildman–Crippen MR) is 152 cm³/mol. The summed E-state index contributed by atoms with van der Waals surface area (Å²) >= 11 is 6.85. The molecular formula is C31H29ClFN3O3. The van der Waals surface area contributed by atoms with Crippen LogP contribution in [0.1, 0.15) is 43.2 Å². The number of hydrogen-bond donors (Lipinski definition) is 1. The van der Waals surface area contributed by atoms with Gasteiger partial charge in [-0.25, -0.2) is 9.18 Å². The summed E-state index contributed by atoms with van der Waals surface area (Å²) < 4.78 is 16.4. The Morgan fingerprint density at radius 1 is 1.10 bits per heavy atom. The second kappa shape index (κ2) is 11.0. The summed E-state index contributed by atoms with van der Waals surface area (Å²) in [7, 11) is 1.91. The summed E-state index contributed by atoms with van der Waals surface area (Å²) in [4.78, 5) is 25.2. The maximum Gasteiger partial charge on any atom is 0.328 e. The van der Waals surface area contributed by atoms with E-state index >= 15 is 0 Å². The third-order valence-corrected chi connectivity index (χ3v) is 8.01. The first-order valence-electron chi connectivity index (χ1n) is 12.9. The standard InChI is InChI=1S/C31H29ClFN3O3/c1-35-29-9-8-22(15-25(29)19-34-35)23-6-7-24(28(32)16-23)18-31(11-3-2-4-12-31)36(20-37)27-14-21(5-10-30(38)39)13-26(33)17-27/h5-10,13-17,19-20H,2-4,11-12,18H2,1H3,(H,38,39)/b10-5+. The van der Waals surface area contributed by atoms with Crippen molar-refractivity contribution in [2.24, 2.45) is 7.05 Å². The Hall–Kier alpha value is -3.97. The van der Waals surface area contributed by atoms with E-state index in [1.165, 1.54) is 18.2 Å². The molecule has 39 heavy (non-hydrogen) atoms. The van der Waals surface area contributed by atoms with E-state index in [1.807, 2.05) is 48.3 Å². The first-order chi connectivity index (χ1) is 18.8. The van der Waals surface area contributed by atoms with Crippen molar-refractivity contribution in [2.45, 2.75) is 44.1 Å². The van der Waals surface area contributed by atoms with Gasteiger partial charge in [0.2, 0.25) is 6.41 Å². The van der Waals surface area contributed by atoms with Crippen LogP contribution in [0.2, 0.25) is 5.02 Å². The summed E-state index contributed by atoms with van der Waals surface area (Å²) in [6.45, 7) is 0. The first kappa shape index (κ1) is 26.6. The number of hydrogen-bond acceptors (Lipinski definition) is 3. The maximum absolute atomic E-state index is 14.6. The quantitative estimate of drug-likeness (QED) is 0.190. The van der Waals surface area contributed by atoms with Crippen molar-refractivity contribution in [3.63, 3.8) is 0 Å². The molecule has 0 aliphatic heterocycles. The molecule has 1 saturated carbocycles. The molecule has 4 aromatic rings. The zero-order valence-corrected chi connectivity index (χ0v) is 22.4. The zero-order chi connectivity index (χ0) is 27.6. The molecule has 3 aromatic carbocycles. The van der Waals surface area contributed by atoms with E-state index in [2.05, 4.69) is 11.2 Å². The van der Waals surface area contributed by atoms with Crippen molar-refractivity contribution in [3.05, 3.63) is 88.8 Å². The molecule has 5 rings (SSSR count). The van der Waals surface area contributed by atoms with Crippen LogP contribution in [0.15, 0.2) is 66.9 Å². The highest BCUT2D eigenvalue weighted by molar-refractivity contribution is 6.31. The Kier molecular flexibility index (Phi) is 7.53. The van der Waals surface area contributed by atoms with Gasteiger partial charge in [-0.2, -0.15) is 5.10 Å². The average Bonchev–Trinajstić information content (AvgIpc) is 3.29. The van der Waals surface area contributed by atoms with Crippen molar-refractivity contribution in [3.8, 4) is 11.1 Å². The number of aromatic nitrogens is 2. The molecule has 1 fully saturated rings. The molecule has 0 atom stereocenters. The van der Waals surface area contributed by atoms with E-state index in [0.717, 1.165) is 72.2 Å². The highest BCUT2D eigenvalue weighted by atomic mass is 35.5. The third kappa shape index (κ3) is 5.59. The first-order valence-corrected chi connectivity index (χ1v) is 13.3. The fraction of sp³-hybridized carbons (Fsp3) is 0.258. The largest absolute Gasteiger partial charge is 0.478 e. The van der Waals surface area contributed by atoms with E-state index in [9.17, 15) is 14.0 Å². The normalized spacial score (nSPS) is 15.1. The molecule has 0 unspecified atom stereocenters. The van der Waals surface area contributed by atoms with Gasteiger partial charge in [0.05, 0.1) is 17.3 Å². The van der Waals surface area contributed by atoms with Crippen LogP contribution in [0.3, 0.4) is 0 Å². The minimum Gasteiger partial charge on any atom is -0.478 e. The lowest BCUT2D eigenvalue weighted by Crippen LogP contribution is -2.51. The Morgan fingerprint density at radius 2 is 1.85 bits per heavy atom. The van der Waals surface area contributed by atoms with Gasteiger partial charge >= 0.3 is 5.97 Å². The number of nitrogens with zero attached hydrogens (tertiary/aromatic N) is 3. The van der Waals surface area contributed by atoms with Gasteiger partial charge in [-0.15, -0.1) is 0 Å². The lowest BCUT2D eigenvalue weighted by Gasteiger charge is -2.45. The Morgan fingerprint density at radius 3 is 2.56 bits per heavy atom. The molecule has 0 bridgehead atoms. The van der Waals surface area contributed by atoms with Crippen molar-refractivity contribution in [1.29, 1.82) is 0 Å². The number of benzene rings is 3. The van der Waals surface area contributed by atoms with Crippen LogP contribution in [-0.2, 0) is 23.1 Å². The van der Waals surface area contributed by atoms with Gasteiger partial charge in [0.25, 0.3) is 0 Å². The van der Waals surface area contributed by atoms with E-state index in [4.69, 9.17) is 16.7 Å². The molecule has 200 valence electrons. The van der Waals surface area contributed by atoms with Crippen LogP contribution in [0.25, 0.3) is 28.1 Å². The average molecular weight is 546 g/mol. The SMILES string of the molecule is Cn1ncc2cc(-c3ccc(CC4(N(C=O)c5cc(F)cc(/C=C/C(=O)O)c5)CCCCC4)c(Cl)c3)ccc21. The van der Waals surface area contributed by atoms with E-state index in [0.29, 0.717) is 22.7 Å². The second-order valence-corrected chi connectivity index (χ2v) is 10.6. The highest BCUT2D eigenvalue weighted by Crippen LogP contribution is 2.41. The summed E-state index contributed by atoms with van der Waals surface area (Å²) in [5.74, 6) is -1.67. The number of carboxylic acid groups (broad SMARTS) is 1. The molecular weight excluding hydrogens is 517 g/mol. The van der Waals surface area contributed by atoms with Crippen LogP contribution < -0.4 is 4.90 Å². The van der Waals surface area contributed by atoms with Crippen molar-refractivity contribution < 1.29 is 19.1 Å². The number of rotatable bonds is 8. The summed E-state index contributed by atoms with van der Waals surface area (Å²) in [6, 6.07) is 16.4. The second-order valence-electron chi connectivity index (χ2n) is 10.2. The molecule has 0 spiro atoms. The molecule has 0 saturated heterocycles. The van der Waals surface area contributed by atoms with Gasteiger partial charge in [0, 0.05) is 29.2 Å². The number of carbonyl (C=O) groups is 2. The minimum absolute atomic E-state index is 0.373. The maximum atomic E-state index is 14.6. The van der Waals surface area contributed by atoms with Gasteiger partial charge in [0.15, 0.2) is 0 Å². The van der Waals surface area contributed by atoms with Crippen molar-refractivity contribution in [2.75, 3.05) is 4.90 Å². The van der Waals surface area contributed by atoms with Crippen LogP contribution in [-0.4, -0.2) is 32.8 Å². The Bertz CT molecular complexity index is 1570. The molecule has 1 heterocycles. The summed E-state index contributed by atoms with van der Waals surface area (Å²) in [5.41, 5.74) is 4.17. The number of anilines is 1. The summed E-state index contributed by atoms with van der Waals surface area (Å²) in [6.07, 6.45) is 9.82. The number of fused-ring (bicyclic) bond motifs is 1. The van der Waals surface area contributed by atoms with Gasteiger partial charge in [0.1, 0.15) is 5.82 Å². The molecule has 1 aliphatic carbocycles. The van der Waals surface area contributed by atoms with Crippen LogP contribution in [0.4, 0.5) is 10.1 Å². The van der Waals surface area contributed by atoms with Crippen molar-refractivity contribution >= 4 is 46.6 Å². The van der Waals surface area contributed by atoms with Crippen LogP contribution >= 0.6 is 11.6 Å². The Balaban J connectivity index is 1.48. The fourth-order valence-electron chi connectivity index (χ4n) is 5.73. The number of amides is 1. The molecule has 1 aliphatic rings. The number of carboxylic acids is 1. The van der Waals surface area contributed by atoms with Gasteiger partial charge < -0.3 is 10.0 Å². The van der Waals surface area contributed by atoms with Crippen LogP contribution in [0, 0.1) is 5.82 Å². The molecule has 6 nitrogen and oxygen atoms in total. The number of aryl methyl sites for hydroxylation is 1. The number of aliphatic carboxylic acids is 1. The van der Waals surface area contributed by atoms with Gasteiger partial charge in [-0.1, -0.05) is 49.1 Å². The van der Waals surface area contributed by atoms with Gasteiger partial charge in [-0.3, -0.25) is 9.48 Å². The molecule has 0 radical (unpaired) electrons. The molecule has 8 heteroatoms. The van der Waals surface area contributed by atoms with Gasteiger partial charge in [-0.05, 0) is 84.0 Å². The van der Waals surface area contributed by atoms with Crippen molar-refractivity contribution in [1.82, 2.24) is 9.78 Å². The fourth-order valence-corrected chi connectivity index (χ4v) is 5.97. The molecule has 1 amide bonds. The third-order valence-electron chi connectivity index (χ3n) is 7.65. The highest BCUT2D eigenvalue weighted by Gasteiger charge is 2.39. The summed E-state index contributed by atoms with van der Waals surface area (Å²) in [5, 5.41) is 15.0. The molecule has 1 N–H and O–H groups in total. The predicted octanol–water partition coefficient (Wildman–Crippen LogP) is 7.04. The van der Waals surface area contributed by atoms with Crippen LogP contribution in [0.5, 0.6) is 0 Å². The minimum atomic E-state index is -1.13. The topological polar surface area (TPSA) is 75.4 Å². The lowest BCUT2D eigenvalue weighted by molar-refractivity contribution is -0.131. The van der Waals surface area contributed by atoms with E-state index < -0.39 is 17.3 Å². The number of halogens is 2. The lowest BCUT2D eigenvalue weighted by atomic mass is 9.76. The molecule has 1 aromatic heterocycles.